The van der Waals surface area contributed by atoms with Crippen LogP contribution in [-0.2, 0) is 6.54 Å². The second-order valence-corrected chi connectivity index (χ2v) is 15.8. The van der Waals surface area contributed by atoms with Crippen LogP contribution in [0.15, 0.2) is 24.3 Å². The van der Waals surface area contributed by atoms with Crippen molar-refractivity contribution in [2.75, 3.05) is 13.7 Å². The molecular formula is C35H57NO4. The Labute approximate surface area is 243 Å². The first kappa shape index (κ1) is 30.3. The fraction of sp³-hybridized carbons (Fsp3) is 0.829. The monoisotopic (exact) mass is 555 g/mol. The van der Waals surface area contributed by atoms with E-state index in [-0.39, 0.29) is 45.7 Å². The fourth-order valence-corrected chi connectivity index (χ4v) is 11.2. The third-order valence-electron chi connectivity index (χ3n) is 13.7. The first-order chi connectivity index (χ1) is 18.7. The van der Waals surface area contributed by atoms with E-state index in [1.165, 1.54) is 5.56 Å². The van der Waals surface area contributed by atoms with Crippen molar-refractivity contribution in [2.24, 2.45) is 45.3 Å². The van der Waals surface area contributed by atoms with Gasteiger partial charge in [-0.1, -0.05) is 46.8 Å². The SMILES string of the molecule is COc1ccc(CNCCC[C@](C)(O)[C@H]2CC[C@]3(C)[C@@H]2[C@H](O)C[C@@H]2[C@@]4(C)CC[C@H](O)C(C)(C)[C@@H]4CC[C@]23C)cc1. The lowest BCUT2D eigenvalue weighted by Crippen LogP contribution is -2.66. The molecule has 0 saturated heterocycles. The molecule has 10 atom stereocenters. The van der Waals surface area contributed by atoms with Crippen molar-refractivity contribution in [3.63, 3.8) is 0 Å². The highest BCUT2D eigenvalue weighted by Crippen LogP contribution is 2.75. The van der Waals surface area contributed by atoms with Crippen LogP contribution in [0.4, 0.5) is 0 Å². The van der Waals surface area contributed by atoms with Gasteiger partial charge in [-0.3, -0.25) is 0 Å². The van der Waals surface area contributed by atoms with Gasteiger partial charge in [0.25, 0.3) is 0 Å². The zero-order valence-electron chi connectivity index (χ0n) is 26.3. The second-order valence-electron chi connectivity index (χ2n) is 15.8. The maximum atomic E-state index is 11.9. The number of fused-ring (bicyclic) bond motifs is 5. The van der Waals surface area contributed by atoms with Gasteiger partial charge in [-0.25, -0.2) is 0 Å². The average Bonchev–Trinajstić information content (AvgIpc) is 3.29. The normalized spacial score (nSPS) is 43.8. The largest absolute Gasteiger partial charge is 0.497 e. The van der Waals surface area contributed by atoms with E-state index < -0.39 is 5.60 Å². The Bertz CT molecular complexity index is 1040. The summed E-state index contributed by atoms with van der Waals surface area (Å²) in [4.78, 5) is 0. The van der Waals surface area contributed by atoms with Crippen LogP contribution in [0.1, 0.15) is 105 Å². The second kappa shape index (κ2) is 10.5. The van der Waals surface area contributed by atoms with E-state index in [4.69, 9.17) is 4.74 Å². The van der Waals surface area contributed by atoms with Gasteiger partial charge in [0.1, 0.15) is 5.75 Å². The van der Waals surface area contributed by atoms with E-state index in [1.54, 1.807) is 7.11 Å². The molecule has 0 radical (unpaired) electrons. The highest BCUT2D eigenvalue weighted by Gasteiger charge is 2.71. The first-order valence-electron chi connectivity index (χ1n) is 16.1. The molecule has 1 aromatic rings. The summed E-state index contributed by atoms with van der Waals surface area (Å²) < 4.78 is 5.25. The van der Waals surface area contributed by atoms with Crippen molar-refractivity contribution in [1.29, 1.82) is 0 Å². The number of hydrogen-bond donors (Lipinski definition) is 4. The van der Waals surface area contributed by atoms with Gasteiger partial charge in [-0.2, -0.15) is 0 Å². The van der Waals surface area contributed by atoms with Crippen LogP contribution in [0, 0.1) is 45.3 Å². The molecule has 0 unspecified atom stereocenters. The molecule has 0 aromatic heterocycles. The van der Waals surface area contributed by atoms with E-state index in [9.17, 15) is 15.3 Å². The Morgan fingerprint density at radius 3 is 2.27 bits per heavy atom. The van der Waals surface area contributed by atoms with Crippen LogP contribution in [0.5, 0.6) is 5.75 Å². The van der Waals surface area contributed by atoms with Gasteiger partial charge in [0.05, 0.1) is 24.9 Å². The van der Waals surface area contributed by atoms with Gasteiger partial charge >= 0.3 is 0 Å². The summed E-state index contributed by atoms with van der Waals surface area (Å²) in [5.74, 6) is 2.07. The number of nitrogens with one attached hydrogen (secondary N) is 1. The molecule has 4 saturated carbocycles. The molecule has 5 nitrogen and oxygen atoms in total. The number of aliphatic hydroxyl groups is 3. The lowest BCUT2D eigenvalue weighted by atomic mass is 9.35. The molecule has 40 heavy (non-hydrogen) atoms. The minimum Gasteiger partial charge on any atom is -0.497 e. The summed E-state index contributed by atoms with van der Waals surface area (Å²) in [6.07, 6.45) is 8.23. The molecule has 5 heteroatoms. The van der Waals surface area contributed by atoms with E-state index in [0.29, 0.717) is 11.8 Å². The highest BCUT2D eigenvalue weighted by atomic mass is 16.5. The third-order valence-corrected chi connectivity index (χ3v) is 13.7. The first-order valence-corrected chi connectivity index (χ1v) is 16.1. The molecule has 4 aliphatic carbocycles. The number of rotatable bonds is 8. The Morgan fingerprint density at radius 1 is 0.925 bits per heavy atom. The molecule has 4 N–H and O–H groups in total. The third kappa shape index (κ3) is 4.66. The number of aliphatic hydroxyl groups excluding tert-OH is 2. The van der Waals surface area contributed by atoms with Crippen molar-refractivity contribution < 1.29 is 20.1 Å². The van der Waals surface area contributed by atoms with Crippen LogP contribution in [0.2, 0.25) is 0 Å². The molecule has 0 spiro atoms. The Hall–Kier alpha value is -1.14. The fourth-order valence-electron chi connectivity index (χ4n) is 11.2. The summed E-state index contributed by atoms with van der Waals surface area (Å²) >= 11 is 0. The van der Waals surface area contributed by atoms with E-state index in [0.717, 1.165) is 76.6 Å². The summed E-state index contributed by atoms with van der Waals surface area (Å²) in [5, 5.41) is 38.3. The van der Waals surface area contributed by atoms with Crippen molar-refractivity contribution in [1.82, 2.24) is 5.32 Å². The Morgan fingerprint density at radius 2 is 1.60 bits per heavy atom. The Balaban J connectivity index is 1.26. The van der Waals surface area contributed by atoms with E-state index in [2.05, 4.69) is 52.1 Å². The van der Waals surface area contributed by atoms with Gasteiger partial charge in [-0.05, 0) is 134 Å². The topological polar surface area (TPSA) is 82.0 Å². The van der Waals surface area contributed by atoms with Gasteiger partial charge in [0.2, 0.25) is 0 Å². The van der Waals surface area contributed by atoms with E-state index >= 15 is 0 Å². The zero-order valence-corrected chi connectivity index (χ0v) is 26.3. The van der Waals surface area contributed by atoms with Crippen LogP contribution < -0.4 is 10.1 Å². The van der Waals surface area contributed by atoms with Crippen LogP contribution in [0.25, 0.3) is 0 Å². The van der Waals surface area contributed by atoms with Crippen LogP contribution in [-0.4, -0.2) is 46.8 Å². The smallest absolute Gasteiger partial charge is 0.118 e. The standard InChI is InChI=1S/C35H57NO4/c1-31(2)27-14-19-33(4)28(32(27,3)17-15-29(31)38)21-26(37)30-25(13-18-34(30,33)5)35(6,39)16-8-20-36-22-23-9-11-24(40-7)12-10-23/h9-12,25-30,36-39H,8,13-22H2,1-7H3/t25-,26+,27-,28+,29-,30-,32-,33+,34+,35-/m0/s1. The lowest BCUT2D eigenvalue weighted by Gasteiger charge is -2.70. The van der Waals surface area contributed by atoms with E-state index in [1.807, 2.05) is 19.1 Å². The quantitative estimate of drug-likeness (QED) is 0.282. The molecule has 4 fully saturated rings. The van der Waals surface area contributed by atoms with Crippen LogP contribution in [0.3, 0.4) is 0 Å². The van der Waals surface area contributed by atoms with Gasteiger partial charge in [-0.15, -0.1) is 0 Å². The molecule has 5 rings (SSSR count). The lowest BCUT2D eigenvalue weighted by molar-refractivity contribution is -0.246. The van der Waals surface area contributed by atoms with Gasteiger partial charge in [0, 0.05) is 6.54 Å². The molecule has 0 heterocycles. The zero-order chi connectivity index (χ0) is 29.1. The summed E-state index contributed by atoms with van der Waals surface area (Å²) in [6.45, 7) is 15.8. The molecule has 1 aromatic carbocycles. The van der Waals surface area contributed by atoms with Crippen molar-refractivity contribution in [2.45, 2.75) is 124 Å². The summed E-state index contributed by atoms with van der Waals surface area (Å²) in [7, 11) is 1.69. The van der Waals surface area contributed by atoms with Crippen LogP contribution >= 0.6 is 0 Å². The molecule has 0 amide bonds. The summed E-state index contributed by atoms with van der Waals surface area (Å²) in [5.41, 5.74) is 0.662. The average molecular weight is 556 g/mol. The molecule has 4 aliphatic rings. The van der Waals surface area contributed by atoms with Crippen molar-refractivity contribution >= 4 is 0 Å². The summed E-state index contributed by atoms with van der Waals surface area (Å²) in [6, 6.07) is 8.16. The van der Waals surface area contributed by atoms with Crippen molar-refractivity contribution in [3.05, 3.63) is 29.8 Å². The minimum absolute atomic E-state index is 0.0186. The molecule has 226 valence electrons. The molecule has 0 aliphatic heterocycles. The maximum Gasteiger partial charge on any atom is 0.118 e. The number of benzene rings is 1. The van der Waals surface area contributed by atoms with Gasteiger partial charge < -0.3 is 25.4 Å². The predicted molar refractivity (Wildman–Crippen MR) is 161 cm³/mol. The van der Waals surface area contributed by atoms with Crippen molar-refractivity contribution in [3.8, 4) is 5.75 Å². The molecular weight excluding hydrogens is 498 g/mol. The Kier molecular flexibility index (Phi) is 7.99. The van der Waals surface area contributed by atoms with Gasteiger partial charge in [0.15, 0.2) is 0 Å². The minimum atomic E-state index is -0.785. The number of hydrogen-bond acceptors (Lipinski definition) is 5. The number of ether oxygens (including phenoxy) is 1. The maximum absolute atomic E-state index is 11.9. The number of methoxy groups -OCH3 is 1. The highest BCUT2D eigenvalue weighted by molar-refractivity contribution is 5.27. The molecule has 0 bridgehead atoms. The predicted octanol–water partition coefficient (Wildman–Crippen LogP) is 6.33.